The highest BCUT2D eigenvalue weighted by molar-refractivity contribution is 5.46. The Morgan fingerprint density at radius 3 is 2.89 bits per heavy atom. The molecular weight excluding hydrogens is 232 g/mol. The maximum atomic E-state index is 8.74. The fourth-order valence-corrected chi connectivity index (χ4v) is 1.66. The number of ether oxygens (including phenoxy) is 3. The molecular formula is C13H16N2O3. The Labute approximate surface area is 106 Å². The summed E-state index contributed by atoms with van der Waals surface area (Å²) in [5.41, 5.74) is 0. The molecule has 1 aromatic rings. The van der Waals surface area contributed by atoms with Crippen molar-refractivity contribution < 1.29 is 14.2 Å². The van der Waals surface area contributed by atoms with Gasteiger partial charge in [0.25, 0.3) is 0 Å². The van der Waals surface area contributed by atoms with Gasteiger partial charge in [0.2, 0.25) is 6.79 Å². The van der Waals surface area contributed by atoms with Crippen molar-refractivity contribution >= 4 is 0 Å². The van der Waals surface area contributed by atoms with Gasteiger partial charge in [0, 0.05) is 6.07 Å². The summed E-state index contributed by atoms with van der Waals surface area (Å²) in [5.74, 6) is 2.17. The predicted octanol–water partition coefficient (Wildman–Crippen LogP) is 1.64. The summed E-state index contributed by atoms with van der Waals surface area (Å²) < 4.78 is 16.2. The number of fused-ring (bicyclic) bond motifs is 1. The molecule has 1 aromatic carbocycles. The molecule has 1 aliphatic heterocycles. The van der Waals surface area contributed by atoms with Crippen LogP contribution in [0.25, 0.3) is 0 Å². The molecule has 0 N–H and O–H groups in total. The van der Waals surface area contributed by atoms with Crippen molar-refractivity contribution in [2.75, 3.05) is 27.5 Å². The lowest BCUT2D eigenvalue weighted by atomic mass is 10.2. The standard InChI is InChI=1S/C13H16N2O3/c1-15(2)10(5-6-14)8-16-11-3-4-12-13(7-11)18-9-17-12/h3-4,7,10H,5,8-9H2,1-2H3. The molecule has 5 nitrogen and oxygen atoms in total. The van der Waals surface area contributed by atoms with E-state index in [-0.39, 0.29) is 12.8 Å². The molecule has 0 fully saturated rings. The Morgan fingerprint density at radius 2 is 2.17 bits per heavy atom. The first kappa shape index (κ1) is 12.5. The quantitative estimate of drug-likeness (QED) is 0.792. The second-order valence-corrected chi connectivity index (χ2v) is 4.31. The summed E-state index contributed by atoms with van der Waals surface area (Å²) in [5, 5.41) is 8.74. The highest BCUT2D eigenvalue weighted by atomic mass is 16.7. The maximum Gasteiger partial charge on any atom is 0.231 e. The molecule has 96 valence electrons. The van der Waals surface area contributed by atoms with E-state index in [1.54, 1.807) is 6.07 Å². The van der Waals surface area contributed by atoms with Crippen LogP contribution in [0, 0.1) is 11.3 Å². The van der Waals surface area contributed by atoms with Gasteiger partial charge in [-0.2, -0.15) is 5.26 Å². The average Bonchev–Trinajstić information content (AvgIpc) is 2.81. The Hall–Kier alpha value is -1.93. The summed E-state index contributed by atoms with van der Waals surface area (Å²) in [6, 6.07) is 7.72. The number of likely N-dealkylation sites (N-methyl/N-ethyl adjacent to an activating group) is 1. The van der Waals surface area contributed by atoms with Gasteiger partial charge in [-0.05, 0) is 26.2 Å². The Kier molecular flexibility index (Phi) is 3.90. The molecule has 0 radical (unpaired) electrons. The van der Waals surface area contributed by atoms with E-state index in [4.69, 9.17) is 19.5 Å². The summed E-state index contributed by atoms with van der Waals surface area (Å²) in [4.78, 5) is 1.98. The van der Waals surface area contributed by atoms with Crippen LogP contribution in [0.5, 0.6) is 17.2 Å². The molecule has 0 saturated carbocycles. The van der Waals surface area contributed by atoms with Crippen LogP contribution in [-0.4, -0.2) is 38.4 Å². The zero-order valence-electron chi connectivity index (χ0n) is 10.5. The Morgan fingerprint density at radius 1 is 1.39 bits per heavy atom. The minimum atomic E-state index is 0.0837. The fourth-order valence-electron chi connectivity index (χ4n) is 1.66. The minimum Gasteiger partial charge on any atom is -0.492 e. The van der Waals surface area contributed by atoms with Crippen LogP contribution in [0.3, 0.4) is 0 Å². The zero-order chi connectivity index (χ0) is 13.0. The van der Waals surface area contributed by atoms with E-state index >= 15 is 0 Å². The topological polar surface area (TPSA) is 54.7 Å². The van der Waals surface area contributed by atoms with Crippen molar-refractivity contribution in [2.24, 2.45) is 0 Å². The van der Waals surface area contributed by atoms with Crippen LogP contribution in [0.2, 0.25) is 0 Å². The minimum absolute atomic E-state index is 0.0837. The van der Waals surface area contributed by atoms with E-state index in [1.807, 2.05) is 31.1 Å². The summed E-state index contributed by atoms with van der Waals surface area (Å²) in [7, 11) is 3.87. The van der Waals surface area contributed by atoms with Crippen LogP contribution >= 0.6 is 0 Å². The summed E-state index contributed by atoms with van der Waals surface area (Å²) in [6.45, 7) is 0.730. The highest BCUT2D eigenvalue weighted by Crippen LogP contribution is 2.35. The number of hydrogen-bond donors (Lipinski definition) is 0. The summed E-state index contributed by atoms with van der Waals surface area (Å²) >= 11 is 0. The van der Waals surface area contributed by atoms with Crippen molar-refractivity contribution in [3.8, 4) is 23.3 Å². The van der Waals surface area contributed by atoms with Gasteiger partial charge in [-0.3, -0.25) is 0 Å². The Balaban J connectivity index is 1.95. The first-order valence-electron chi connectivity index (χ1n) is 5.76. The molecule has 0 saturated heterocycles. The van der Waals surface area contributed by atoms with Gasteiger partial charge in [0.1, 0.15) is 12.4 Å². The first-order valence-corrected chi connectivity index (χ1v) is 5.76. The molecule has 0 bridgehead atoms. The van der Waals surface area contributed by atoms with E-state index < -0.39 is 0 Å². The van der Waals surface area contributed by atoms with Crippen molar-refractivity contribution in [1.82, 2.24) is 4.90 Å². The lowest BCUT2D eigenvalue weighted by Gasteiger charge is -2.21. The predicted molar refractivity (Wildman–Crippen MR) is 65.8 cm³/mol. The SMILES string of the molecule is CN(C)C(CC#N)COc1ccc2c(c1)OCO2. The molecule has 1 aliphatic rings. The van der Waals surface area contributed by atoms with Gasteiger partial charge >= 0.3 is 0 Å². The maximum absolute atomic E-state index is 8.74. The number of benzene rings is 1. The molecule has 5 heteroatoms. The second kappa shape index (κ2) is 5.61. The van der Waals surface area contributed by atoms with Crippen molar-refractivity contribution in [1.29, 1.82) is 5.26 Å². The molecule has 0 aromatic heterocycles. The Bertz CT molecular complexity index is 454. The third-order valence-corrected chi connectivity index (χ3v) is 2.84. The second-order valence-electron chi connectivity index (χ2n) is 4.31. The van der Waals surface area contributed by atoms with Gasteiger partial charge < -0.3 is 19.1 Å². The molecule has 2 rings (SSSR count). The normalized spacial score (nSPS) is 14.3. The molecule has 0 spiro atoms. The molecule has 1 atom stereocenters. The van der Waals surface area contributed by atoms with Gasteiger partial charge in [0.15, 0.2) is 11.5 Å². The molecule has 1 heterocycles. The first-order chi connectivity index (χ1) is 8.70. The van der Waals surface area contributed by atoms with Gasteiger partial charge in [-0.15, -0.1) is 0 Å². The largest absolute Gasteiger partial charge is 0.492 e. The van der Waals surface area contributed by atoms with E-state index in [9.17, 15) is 0 Å². The third kappa shape index (κ3) is 2.84. The third-order valence-electron chi connectivity index (χ3n) is 2.84. The van der Waals surface area contributed by atoms with Crippen LogP contribution in [0.4, 0.5) is 0 Å². The molecule has 1 unspecified atom stereocenters. The summed E-state index contributed by atoms with van der Waals surface area (Å²) in [6.07, 6.45) is 0.442. The number of nitrogens with zero attached hydrogens (tertiary/aromatic N) is 2. The fraction of sp³-hybridized carbons (Fsp3) is 0.462. The molecule has 0 aliphatic carbocycles. The van der Waals surface area contributed by atoms with E-state index in [0.717, 1.165) is 11.5 Å². The molecule has 0 amide bonds. The van der Waals surface area contributed by atoms with Crippen LogP contribution < -0.4 is 14.2 Å². The number of nitriles is 1. The highest BCUT2D eigenvalue weighted by Gasteiger charge is 2.15. The van der Waals surface area contributed by atoms with Crippen LogP contribution in [0.15, 0.2) is 18.2 Å². The van der Waals surface area contributed by atoms with Crippen LogP contribution in [-0.2, 0) is 0 Å². The van der Waals surface area contributed by atoms with Gasteiger partial charge in [-0.1, -0.05) is 0 Å². The van der Waals surface area contributed by atoms with Crippen molar-refractivity contribution in [2.45, 2.75) is 12.5 Å². The zero-order valence-corrected chi connectivity index (χ0v) is 10.5. The van der Waals surface area contributed by atoms with E-state index in [2.05, 4.69) is 6.07 Å². The van der Waals surface area contributed by atoms with Crippen molar-refractivity contribution in [3.05, 3.63) is 18.2 Å². The average molecular weight is 248 g/mol. The van der Waals surface area contributed by atoms with Crippen molar-refractivity contribution in [3.63, 3.8) is 0 Å². The van der Waals surface area contributed by atoms with E-state index in [0.29, 0.717) is 18.8 Å². The lowest BCUT2D eigenvalue weighted by molar-refractivity contribution is 0.173. The number of rotatable bonds is 5. The van der Waals surface area contributed by atoms with Crippen LogP contribution in [0.1, 0.15) is 6.42 Å². The van der Waals surface area contributed by atoms with E-state index in [1.165, 1.54) is 0 Å². The van der Waals surface area contributed by atoms with Gasteiger partial charge in [0.05, 0.1) is 18.5 Å². The molecule has 18 heavy (non-hydrogen) atoms. The van der Waals surface area contributed by atoms with Gasteiger partial charge in [-0.25, -0.2) is 0 Å². The number of hydrogen-bond acceptors (Lipinski definition) is 5. The monoisotopic (exact) mass is 248 g/mol. The smallest absolute Gasteiger partial charge is 0.231 e. The lowest BCUT2D eigenvalue weighted by Crippen LogP contribution is -2.33.